The van der Waals surface area contributed by atoms with Gasteiger partial charge in [-0.05, 0) is 47.2 Å². The van der Waals surface area contributed by atoms with Crippen LogP contribution in [-0.4, -0.2) is 29.9 Å². The molecule has 3 nitrogen and oxygen atoms in total. The summed E-state index contributed by atoms with van der Waals surface area (Å²) in [5, 5.41) is 2.83. The van der Waals surface area contributed by atoms with Crippen LogP contribution in [0.1, 0.15) is 19.8 Å². The Bertz CT molecular complexity index is 720. The summed E-state index contributed by atoms with van der Waals surface area (Å²) in [5.41, 5.74) is 22.8. The summed E-state index contributed by atoms with van der Waals surface area (Å²) in [6.07, 6.45) is 3.98. The third-order valence-electron chi connectivity index (χ3n) is 2.76. The molecule has 1 fully saturated rings. The molecule has 0 aromatic heterocycles. The minimum atomic E-state index is -0.00897. The molecule has 0 bridgehead atoms. The van der Waals surface area contributed by atoms with Crippen molar-refractivity contribution in [3.05, 3.63) is 64.4 Å². The van der Waals surface area contributed by atoms with Gasteiger partial charge in [-0.1, -0.05) is 0 Å². The fourth-order valence-electron chi connectivity index (χ4n) is 1.85. The standard InChI is InChI=1S/C18H15N2O/c1-3-4-5-6-7-8-9-10-11-14-20-15-12-13-18(20)16-19-17(2)21/h1,14,18H,12-13,15-16H2,2H3,(H,19,21)/q-1. The Morgan fingerprint density at radius 3 is 2.57 bits per heavy atom. The first-order valence-corrected chi connectivity index (χ1v) is 6.53. The van der Waals surface area contributed by atoms with Crippen molar-refractivity contribution in [3.63, 3.8) is 0 Å². The SMILES string of the molecule is [CH-]=C=C=C=C=C=C=C=C=C=CN1CCCC1CNC(C)=O. The Balaban J connectivity index is 2.79. The summed E-state index contributed by atoms with van der Waals surface area (Å²) in [5.74, 6) is -0.00897. The zero-order valence-corrected chi connectivity index (χ0v) is 11.9. The van der Waals surface area contributed by atoms with E-state index in [1.807, 2.05) is 6.20 Å². The molecule has 1 heterocycles. The highest BCUT2D eigenvalue weighted by atomic mass is 16.1. The maximum absolute atomic E-state index is 10.9. The van der Waals surface area contributed by atoms with E-state index in [2.05, 4.69) is 61.8 Å². The van der Waals surface area contributed by atoms with Crippen molar-refractivity contribution in [2.24, 2.45) is 0 Å². The maximum atomic E-state index is 10.9. The number of nitrogens with zero attached hydrogens (tertiary/aromatic N) is 1. The van der Waals surface area contributed by atoms with Crippen LogP contribution in [0.2, 0.25) is 0 Å². The van der Waals surface area contributed by atoms with E-state index >= 15 is 0 Å². The topological polar surface area (TPSA) is 32.3 Å². The molecule has 0 aliphatic carbocycles. The Labute approximate surface area is 125 Å². The van der Waals surface area contributed by atoms with Gasteiger partial charge >= 0.3 is 0 Å². The third kappa shape index (κ3) is 7.25. The zero-order chi connectivity index (χ0) is 15.3. The van der Waals surface area contributed by atoms with Crippen molar-refractivity contribution in [1.29, 1.82) is 0 Å². The highest BCUT2D eigenvalue weighted by Crippen LogP contribution is 2.16. The lowest BCUT2D eigenvalue weighted by molar-refractivity contribution is -0.119. The van der Waals surface area contributed by atoms with E-state index in [0.717, 1.165) is 19.4 Å². The van der Waals surface area contributed by atoms with Gasteiger partial charge in [-0.15, -0.1) is 5.73 Å². The predicted molar refractivity (Wildman–Crippen MR) is 78.9 cm³/mol. The second-order valence-electron chi connectivity index (χ2n) is 4.26. The minimum Gasteiger partial charge on any atom is -0.366 e. The van der Waals surface area contributed by atoms with Gasteiger partial charge in [0.15, 0.2) is 0 Å². The summed E-state index contributed by atoms with van der Waals surface area (Å²) < 4.78 is 0. The minimum absolute atomic E-state index is 0.00897. The lowest BCUT2D eigenvalue weighted by atomic mass is 10.2. The van der Waals surface area contributed by atoms with Gasteiger partial charge in [-0.2, -0.15) is 0 Å². The van der Waals surface area contributed by atoms with Gasteiger partial charge in [0.25, 0.3) is 0 Å². The van der Waals surface area contributed by atoms with Crippen LogP contribution < -0.4 is 5.32 Å². The summed E-state index contributed by atoms with van der Waals surface area (Å²) in [6, 6.07) is 0.315. The van der Waals surface area contributed by atoms with E-state index in [1.165, 1.54) is 6.92 Å². The van der Waals surface area contributed by atoms with Crippen molar-refractivity contribution in [3.8, 4) is 0 Å². The molecule has 1 saturated heterocycles. The quantitative estimate of drug-likeness (QED) is 0.630. The molecule has 0 spiro atoms. The average molecular weight is 275 g/mol. The molecule has 1 N–H and O–H groups in total. The molecule has 1 rings (SSSR count). The van der Waals surface area contributed by atoms with Crippen LogP contribution in [0, 0.1) is 6.58 Å². The smallest absolute Gasteiger partial charge is 0.216 e. The molecule has 21 heavy (non-hydrogen) atoms. The Kier molecular flexibility index (Phi) is 7.58. The largest absolute Gasteiger partial charge is 0.366 e. The molecule has 1 aliphatic heterocycles. The molecule has 1 aliphatic rings. The van der Waals surface area contributed by atoms with Crippen LogP contribution in [0.25, 0.3) is 0 Å². The lowest BCUT2D eigenvalue weighted by Crippen LogP contribution is -2.36. The Hall–Kier alpha value is -2.97. The van der Waals surface area contributed by atoms with E-state index < -0.39 is 0 Å². The normalized spacial score (nSPS) is 14.5. The monoisotopic (exact) mass is 275 g/mol. The number of rotatable bonds is 3. The second-order valence-corrected chi connectivity index (χ2v) is 4.26. The number of carbonyl (C=O) groups excluding carboxylic acids is 1. The molecule has 1 unspecified atom stereocenters. The van der Waals surface area contributed by atoms with E-state index in [1.54, 1.807) is 0 Å². The summed E-state index contributed by atoms with van der Waals surface area (Å²) >= 11 is 0. The van der Waals surface area contributed by atoms with Crippen molar-refractivity contribution >= 4 is 5.91 Å². The van der Waals surface area contributed by atoms with Crippen molar-refractivity contribution in [2.45, 2.75) is 25.8 Å². The van der Waals surface area contributed by atoms with Gasteiger partial charge in [0.05, 0.1) is 6.20 Å². The molecule has 1 amide bonds. The molecule has 3 heteroatoms. The van der Waals surface area contributed by atoms with Crippen LogP contribution in [0.15, 0.2) is 57.8 Å². The number of likely N-dealkylation sites (tertiary alicyclic amines) is 1. The molecular weight excluding hydrogens is 260 g/mol. The average Bonchev–Trinajstić information content (AvgIpc) is 2.91. The molecule has 0 aromatic rings. The summed E-state index contributed by atoms with van der Waals surface area (Å²) in [6.45, 7) is 8.06. The second kappa shape index (κ2) is 9.89. The first-order valence-electron chi connectivity index (χ1n) is 6.53. The molecule has 1 atom stereocenters. The number of amides is 1. The van der Waals surface area contributed by atoms with E-state index in [0.29, 0.717) is 12.6 Å². The van der Waals surface area contributed by atoms with Crippen molar-refractivity contribution in [1.82, 2.24) is 10.2 Å². The third-order valence-corrected chi connectivity index (χ3v) is 2.76. The molecule has 0 saturated carbocycles. The lowest BCUT2D eigenvalue weighted by Gasteiger charge is -2.21. The van der Waals surface area contributed by atoms with E-state index in [9.17, 15) is 4.79 Å². The number of carbonyl (C=O) groups is 1. The number of nitrogens with one attached hydrogen (secondary N) is 1. The van der Waals surface area contributed by atoms with Crippen LogP contribution >= 0.6 is 0 Å². The van der Waals surface area contributed by atoms with E-state index in [4.69, 9.17) is 6.58 Å². The Morgan fingerprint density at radius 2 is 1.90 bits per heavy atom. The van der Waals surface area contributed by atoms with Gasteiger partial charge < -0.3 is 10.2 Å². The van der Waals surface area contributed by atoms with Gasteiger partial charge in [-0.3, -0.25) is 10.5 Å². The summed E-state index contributed by atoms with van der Waals surface area (Å²) in [7, 11) is 0. The number of hydrogen-bond donors (Lipinski definition) is 1. The van der Waals surface area contributed by atoms with Crippen LogP contribution in [0.5, 0.6) is 0 Å². The highest BCUT2D eigenvalue weighted by Gasteiger charge is 2.21. The number of hydrogen-bond acceptors (Lipinski definition) is 2. The van der Waals surface area contributed by atoms with Gasteiger partial charge in [0.2, 0.25) is 5.91 Å². The predicted octanol–water partition coefficient (Wildman–Crippen LogP) is 1.93. The molecule has 0 aromatic carbocycles. The first-order chi connectivity index (χ1) is 10.2. The van der Waals surface area contributed by atoms with E-state index in [-0.39, 0.29) is 5.91 Å². The van der Waals surface area contributed by atoms with Crippen molar-refractivity contribution in [2.75, 3.05) is 13.1 Å². The molecular formula is C18H15N2O-. The summed E-state index contributed by atoms with van der Waals surface area (Å²) in [4.78, 5) is 13.0. The molecule has 104 valence electrons. The molecule has 0 radical (unpaired) electrons. The highest BCUT2D eigenvalue weighted by molar-refractivity contribution is 5.72. The van der Waals surface area contributed by atoms with Crippen LogP contribution in [-0.2, 0) is 4.79 Å². The zero-order valence-electron chi connectivity index (χ0n) is 11.9. The van der Waals surface area contributed by atoms with Crippen LogP contribution in [0.3, 0.4) is 0 Å². The first kappa shape index (κ1) is 16.1. The fraction of sp³-hybridized carbons (Fsp3) is 0.333. The fourth-order valence-corrected chi connectivity index (χ4v) is 1.85. The van der Waals surface area contributed by atoms with Gasteiger partial charge in [-0.25, -0.2) is 12.3 Å². The van der Waals surface area contributed by atoms with Gasteiger partial charge in [0.1, 0.15) is 0 Å². The van der Waals surface area contributed by atoms with Crippen molar-refractivity contribution < 1.29 is 4.79 Å². The van der Waals surface area contributed by atoms with Crippen LogP contribution in [0.4, 0.5) is 0 Å². The Morgan fingerprint density at radius 1 is 1.24 bits per heavy atom. The van der Waals surface area contributed by atoms with Gasteiger partial charge in [0, 0.05) is 26.1 Å². The maximum Gasteiger partial charge on any atom is 0.216 e.